The Hall–Kier alpha value is -3.77. The van der Waals surface area contributed by atoms with E-state index in [-0.39, 0.29) is 11.4 Å². The number of alkyl halides is 3. The van der Waals surface area contributed by atoms with E-state index in [1.54, 1.807) is 30.3 Å². The van der Waals surface area contributed by atoms with Crippen LogP contribution < -0.4 is 14.4 Å². The van der Waals surface area contributed by atoms with E-state index >= 15 is 0 Å². The first-order chi connectivity index (χ1) is 19.8. The fourth-order valence-corrected chi connectivity index (χ4v) is 5.69. The lowest BCUT2D eigenvalue weighted by Crippen LogP contribution is -2.51. The number of methoxy groups -OCH3 is 1. The number of hydrogen-bond donors (Lipinski definition) is 1. The summed E-state index contributed by atoms with van der Waals surface area (Å²) in [5.74, 6) is -0.719. The second-order valence-corrected chi connectivity index (χ2v) is 11.6. The molecule has 0 spiro atoms. The van der Waals surface area contributed by atoms with Crippen LogP contribution in [0.15, 0.2) is 77.7 Å². The predicted molar refractivity (Wildman–Crippen MR) is 154 cm³/mol. The topological polar surface area (TPSA) is 96.0 Å². The smallest absolute Gasteiger partial charge is 0.417 e. The Morgan fingerprint density at radius 1 is 1.02 bits per heavy atom. The fourth-order valence-electron chi connectivity index (χ4n) is 4.04. The van der Waals surface area contributed by atoms with Gasteiger partial charge in [-0.15, -0.1) is 0 Å². The number of amides is 2. The number of rotatable bonds is 12. The average Bonchev–Trinajstić information content (AvgIpc) is 2.97. The summed E-state index contributed by atoms with van der Waals surface area (Å²) >= 11 is 5.79. The van der Waals surface area contributed by atoms with Gasteiger partial charge in [-0.1, -0.05) is 48.9 Å². The molecule has 0 aliphatic rings. The third-order valence-corrected chi connectivity index (χ3v) is 8.50. The summed E-state index contributed by atoms with van der Waals surface area (Å²) in [4.78, 5) is 27.7. The zero-order chi connectivity index (χ0) is 31.1. The van der Waals surface area contributed by atoms with Gasteiger partial charge in [0.25, 0.3) is 10.0 Å². The molecule has 0 unspecified atom stereocenters. The Balaban J connectivity index is 2.09. The Morgan fingerprint density at radius 3 is 2.24 bits per heavy atom. The maximum absolute atomic E-state index is 13.9. The van der Waals surface area contributed by atoms with Crippen molar-refractivity contribution in [3.05, 3.63) is 88.9 Å². The fraction of sp³-hybridized carbons (Fsp3) is 0.310. The Labute approximate surface area is 248 Å². The summed E-state index contributed by atoms with van der Waals surface area (Å²) in [5, 5.41) is 2.09. The monoisotopic (exact) mass is 625 g/mol. The zero-order valence-electron chi connectivity index (χ0n) is 23.2. The molecule has 0 aliphatic carbocycles. The molecule has 0 saturated carbocycles. The lowest BCUT2D eigenvalue weighted by atomic mass is 10.1. The van der Waals surface area contributed by atoms with Gasteiger partial charge in [-0.3, -0.25) is 13.9 Å². The van der Waals surface area contributed by atoms with Crippen molar-refractivity contribution in [1.29, 1.82) is 0 Å². The molecule has 0 bridgehead atoms. The molecule has 226 valence electrons. The first kappa shape index (κ1) is 32.7. The van der Waals surface area contributed by atoms with Crippen molar-refractivity contribution in [3.8, 4) is 5.75 Å². The van der Waals surface area contributed by atoms with Crippen LogP contribution in [-0.2, 0) is 32.3 Å². The third kappa shape index (κ3) is 7.95. The molecule has 0 radical (unpaired) electrons. The maximum atomic E-state index is 13.9. The van der Waals surface area contributed by atoms with E-state index in [0.29, 0.717) is 34.7 Å². The number of ether oxygens (including phenoxy) is 1. The minimum absolute atomic E-state index is 0.0861. The molecule has 2 amide bonds. The number of nitrogens with one attached hydrogen (secondary N) is 1. The van der Waals surface area contributed by atoms with Crippen molar-refractivity contribution in [2.75, 3.05) is 24.5 Å². The van der Waals surface area contributed by atoms with Crippen molar-refractivity contribution in [2.24, 2.45) is 0 Å². The van der Waals surface area contributed by atoms with Gasteiger partial charge in [0.05, 0.1) is 28.3 Å². The highest BCUT2D eigenvalue weighted by Gasteiger charge is 2.37. The second-order valence-electron chi connectivity index (χ2n) is 9.32. The number of carbonyl (C=O) groups excluding carboxylic acids is 2. The summed E-state index contributed by atoms with van der Waals surface area (Å²) in [6.45, 7) is 2.73. The number of sulfonamides is 1. The molecule has 0 fully saturated rings. The van der Waals surface area contributed by atoms with Crippen LogP contribution >= 0.6 is 11.6 Å². The normalized spacial score (nSPS) is 12.4. The minimum atomic E-state index is -4.88. The van der Waals surface area contributed by atoms with Gasteiger partial charge < -0.3 is 15.0 Å². The molecule has 13 heteroatoms. The van der Waals surface area contributed by atoms with Crippen LogP contribution in [0.4, 0.5) is 18.9 Å². The van der Waals surface area contributed by atoms with Crippen molar-refractivity contribution < 1.29 is 35.9 Å². The van der Waals surface area contributed by atoms with Gasteiger partial charge in [-0.25, -0.2) is 8.42 Å². The molecule has 3 aromatic rings. The highest BCUT2D eigenvalue weighted by molar-refractivity contribution is 7.92. The van der Waals surface area contributed by atoms with Gasteiger partial charge in [-0.05, 0) is 61.4 Å². The van der Waals surface area contributed by atoms with Crippen LogP contribution in [0.25, 0.3) is 0 Å². The number of benzene rings is 3. The van der Waals surface area contributed by atoms with Crippen LogP contribution in [0.1, 0.15) is 31.4 Å². The SMILES string of the molecule is CCCNC(=O)[C@H](C)N(Cc1ccc(OC)cc1)C(=O)CN(c1ccc(Cl)c(C(F)(F)F)c1)S(=O)(=O)c1ccccc1. The minimum Gasteiger partial charge on any atom is -0.497 e. The van der Waals surface area contributed by atoms with E-state index in [9.17, 15) is 31.2 Å². The average molecular weight is 626 g/mol. The number of nitrogens with zero attached hydrogens (tertiary/aromatic N) is 2. The van der Waals surface area contributed by atoms with E-state index in [1.165, 1.54) is 43.2 Å². The molecule has 42 heavy (non-hydrogen) atoms. The van der Waals surface area contributed by atoms with E-state index in [2.05, 4.69) is 5.32 Å². The first-order valence-electron chi connectivity index (χ1n) is 12.9. The maximum Gasteiger partial charge on any atom is 0.417 e. The Morgan fingerprint density at radius 2 is 1.67 bits per heavy atom. The molecule has 0 aromatic heterocycles. The molecular weight excluding hydrogens is 595 g/mol. The lowest BCUT2D eigenvalue weighted by Gasteiger charge is -2.32. The van der Waals surface area contributed by atoms with Crippen molar-refractivity contribution in [1.82, 2.24) is 10.2 Å². The molecular formula is C29H31ClF3N3O5S. The molecule has 1 atom stereocenters. The van der Waals surface area contributed by atoms with Crippen LogP contribution in [0.2, 0.25) is 5.02 Å². The van der Waals surface area contributed by atoms with Gasteiger partial charge in [0.15, 0.2) is 0 Å². The van der Waals surface area contributed by atoms with Crippen molar-refractivity contribution in [2.45, 2.75) is 43.9 Å². The van der Waals surface area contributed by atoms with Gasteiger partial charge in [0, 0.05) is 13.1 Å². The number of anilines is 1. The van der Waals surface area contributed by atoms with E-state index in [4.69, 9.17) is 16.3 Å². The second kappa shape index (κ2) is 13.9. The number of hydrogen-bond acceptors (Lipinski definition) is 5. The third-order valence-electron chi connectivity index (χ3n) is 6.38. The zero-order valence-corrected chi connectivity index (χ0v) is 24.8. The molecule has 3 aromatic carbocycles. The Kier molecular flexibility index (Phi) is 10.9. The van der Waals surface area contributed by atoms with Crippen LogP contribution in [-0.4, -0.2) is 51.4 Å². The summed E-state index contributed by atoms with van der Waals surface area (Å²) in [7, 11) is -3.05. The van der Waals surface area contributed by atoms with Gasteiger partial charge in [0.1, 0.15) is 18.3 Å². The molecule has 0 aliphatic heterocycles. The van der Waals surface area contributed by atoms with Crippen molar-refractivity contribution >= 4 is 39.1 Å². The van der Waals surface area contributed by atoms with Crippen LogP contribution in [0.3, 0.4) is 0 Å². The highest BCUT2D eigenvalue weighted by atomic mass is 35.5. The number of halogens is 4. The van der Waals surface area contributed by atoms with Gasteiger partial charge in [-0.2, -0.15) is 13.2 Å². The summed E-state index contributed by atoms with van der Waals surface area (Å²) < 4.78 is 74.4. The lowest BCUT2D eigenvalue weighted by molar-refractivity contribution is -0.139. The standard InChI is InChI=1S/C29H31ClF3N3O5S/c1-4-16-34-28(38)20(2)35(18-21-10-13-23(41-3)14-11-21)27(37)19-36(42(39,40)24-8-6-5-7-9-24)22-12-15-26(30)25(17-22)29(31,32)33/h5-15,17,20H,4,16,18-19H2,1-3H3,(H,34,38)/t20-/m0/s1. The quantitative estimate of drug-likeness (QED) is 0.287. The van der Waals surface area contributed by atoms with Crippen LogP contribution in [0.5, 0.6) is 5.75 Å². The van der Waals surface area contributed by atoms with Crippen molar-refractivity contribution in [3.63, 3.8) is 0 Å². The Bertz CT molecular complexity index is 1490. The van der Waals surface area contributed by atoms with E-state index in [1.807, 2.05) is 6.92 Å². The van der Waals surface area contributed by atoms with Crippen LogP contribution in [0, 0.1) is 0 Å². The molecule has 1 N–H and O–H groups in total. The first-order valence-corrected chi connectivity index (χ1v) is 14.8. The summed E-state index contributed by atoms with van der Waals surface area (Å²) in [6, 6.07) is 15.3. The van der Waals surface area contributed by atoms with E-state index in [0.717, 1.165) is 12.1 Å². The molecule has 0 heterocycles. The molecule has 0 saturated heterocycles. The van der Waals surface area contributed by atoms with Gasteiger partial charge in [0.2, 0.25) is 11.8 Å². The molecule has 8 nitrogen and oxygen atoms in total. The highest BCUT2D eigenvalue weighted by Crippen LogP contribution is 2.38. The van der Waals surface area contributed by atoms with E-state index < -0.39 is 56.9 Å². The predicted octanol–water partition coefficient (Wildman–Crippen LogP) is 5.51. The largest absolute Gasteiger partial charge is 0.497 e. The summed E-state index contributed by atoms with van der Waals surface area (Å²) in [6.07, 6.45) is -4.24. The number of carbonyl (C=O) groups is 2. The molecule has 3 rings (SSSR count). The van der Waals surface area contributed by atoms with Gasteiger partial charge >= 0.3 is 6.18 Å². The summed E-state index contributed by atoms with van der Waals surface area (Å²) in [5.41, 5.74) is -1.07.